The molecule has 2 saturated heterocycles. The van der Waals surface area contributed by atoms with Crippen LogP contribution in [0.5, 0.6) is 0 Å². The van der Waals surface area contributed by atoms with Gasteiger partial charge in [-0.05, 0) is 60.0 Å². The van der Waals surface area contributed by atoms with E-state index in [0.29, 0.717) is 63.6 Å². The zero-order chi connectivity index (χ0) is 23.7. The fraction of sp³-hybridized carbons (Fsp3) is 0.476. The highest BCUT2D eigenvalue weighted by atomic mass is 32.2. The molecule has 13 heteroatoms. The zero-order valence-corrected chi connectivity index (χ0v) is 19.6. The number of aromatic nitrogens is 5. The van der Waals surface area contributed by atoms with E-state index < -0.39 is 10.0 Å². The second kappa shape index (κ2) is 9.24. The number of aryl methyl sites for hydroxylation is 1. The van der Waals surface area contributed by atoms with Gasteiger partial charge in [-0.2, -0.15) is 4.31 Å². The van der Waals surface area contributed by atoms with E-state index in [0.717, 1.165) is 11.4 Å². The van der Waals surface area contributed by atoms with Crippen molar-refractivity contribution in [3.05, 3.63) is 35.9 Å². The number of hydrogen-bond acceptors (Lipinski definition) is 9. The Hall–Kier alpha value is -3.16. The summed E-state index contributed by atoms with van der Waals surface area (Å²) in [6.45, 7) is 4.60. The molecular weight excluding hydrogens is 460 g/mol. The van der Waals surface area contributed by atoms with Crippen molar-refractivity contribution in [2.75, 3.05) is 49.6 Å². The van der Waals surface area contributed by atoms with E-state index in [4.69, 9.17) is 4.74 Å². The van der Waals surface area contributed by atoms with E-state index in [1.54, 1.807) is 18.2 Å². The first kappa shape index (κ1) is 22.6. The molecule has 12 nitrogen and oxygen atoms in total. The average Bonchev–Trinajstić information content (AvgIpc) is 3.34. The van der Waals surface area contributed by atoms with Gasteiger partial charge in [-0.3, -0.25) is 4.79 Å². The summed E-state index contributed by atoms with van der Waals surface area (Å²) in [4.78, 5) is 15.3. The lowest BCUT2D eigenvalue weighted by Gasteiger charge is -2.32. The third-order valence-corrected chi connectivity index (χ3v) is 8.21. The quantitative estimate of drug-likeness (QED) is 0.553. The van der Waals surface area contributed by atoms with Gasteiger partial charge in [0.2, 0.25) is 15.9 Å². The minimum Gasteiger partial charge on any atom is -0.379 e. The Morgan fingerprint density at radius 3 is 2.62 bits per heavy atom. The van der Waals surface area contributed by atoms with Gasteiger partial charge in [0.25, 0.3) is 0 Å². The van der Waals surface area contributed by atoms with Gasteiger partial charge in [0.15, 0.2) is 11.5 Å². The summed E-state index contributed by atoms with van der Waals surface area (Å²) in [7, 11) is -3.64. The van der Waals surface area contributed by atoms with Crippen LogP contribution in [0.2, 0.25) is 0 Å². The van der Waals surface area contributed by atoms with Gasteiger partial charge in [-0.15, -0.1) is 14.8 Å². The van der Waals surface area contributed by atoms with E-state index in [1.807, 2.05) is 19.1 Å². The second-order valence-corrected chi connectivity index (χ2v) is 10.4. The Labute approximate surface area is 196 Å². The van der Waals surface area contributed by atoms with Crippen molar-refractivity contribution < 1.29 is 17.9 Å². The third-order valence-electron chi connectivity index (χ3n) is 6.32. The summed E-state index contributed by atoms with van der Waals surface area (Å²) in [6.07, 6.45) is 1.32. The highest BCUT2D eigenvalue weighted by Crippen LogP contribution is 2.27. The lowest BCUT2D eigenvalue weighted by atomic mass is 9.95. The molecule has 0 aliphatic carbocycles. The number of ether oxygens (including phenoxy) is 1. The number of sulfonamides is 1. The van der Waals surface area contributed by atoms with Crippen LogP contribution < -0.4 is 10.2 Å². The van der Waals surface area contributed by atoms with Crippen molar-refractivity contribution >= 4 is 33.1 Å². The molecule has 5 rings (SSSR count). The van der Waals surface area contributed by atoms with Crippen molar-refractivity contribution in [2.24, 2.45) is 5.92 Å². The number of rotatable bonds is 5. The molecule has 2 fully saturated rings. The zero-order valence-electron chi connectivity index (χ0n) is 18.8. The number of morpholine rings is 1. The van der Waals surface area contributed by atoms with E-state index in [2.05, 4.69) is 30.8 Å². The van der Waals surface area contributed by atoms with Gasteiger partial charge >= 0.3 is 0 Å². The van der Waals surface area contributed by atoms with Crippen LogP contribution in [-0.4, -0.2) is 83.3 Å². The lowest BCUT2D eigenvalue weighted by Crippen LogP contribution is -2.40. The van der Waals surface area contributed by atoms with Crippen LogP contribution in [0.15, 0.2) is 35.2 Å². The maximum absolute atomic E-state index is 13.0. The summed E-state index contributed by atoms with van der Waals surface area (Å²) in [6, 6.07) is 8.55. The number of nitrogens with one attached hydrogen (secondary N) is 1. The Kier molecular flexibility index (Phi) is 6.15. The normalized spacial score (nSPS) is 18.3. The van der Waals surface area contributed by atoms with Gasteiger partial charge in [-0.1, -0.05) is 6.07 Å². The maximum atomic E-state index is 13.0. The third kappa shape index (κ3) is 4.45. The number of carbonyl (C=O) groups excluding carboxylic acids is 1. The molecule has 0 bridgehead atoms. The van der Waals surface area contributed by atoms with Crippen molar-refractivity contribution in [2.45, 2.75) is 24.7 Å². The minimum atomic E-state index is -3.64. The summed E-state index contributed by atoms with van der Waals surface area (Å²) in [5, 5.41) is 18.7. The smallest absolute Gasteiger partial charge is 0.243 e. The van der Waals surface area contributed by atoms with Crippen molar-refractivity contribution in [3.8, 4) is 0 Å². The molecule has 180 valence electrons. The van der Waals surface area contributed by atoms with E-state index >= 15 is 0 Å². The predicted molar refractivity (Wildman–Crippen MR) is 123 cm³/mol. The number of benzene rings is 1. The molecule has 2 aliphatic rings. The van der Waals surface area contributed by atoms with E-state index in [-0.39, 0.29) is 16.7 Å². The van der Waals surface area contributed by atoms with Crippen molar-refractivity contribution in [1.29, 1.82) is 0 Å². The standard InChI is InChI=1S/C21H26N8O4S/c1-15-2-3-17(34(31,32)28-10-12-33-13-11-28)14-18(15)22-21(30)16-6-8-27(9-7-16)20-5-4-19-23-25-26-29(19)24-20/h2-5,14,16H,6-13H2,1H3,(H,22,30). The van der Waals surface area contributed by atoms with Crippen LogP contribution >= 0.6 is 0 Å². The van der Waals surface area contributed by atoms with Gasteiger partial charge in [0.1, 0.15) is 0 Å². The van der Waals surface area contributed by atoms with E-state index in [9.17, 15) is 13.2 Å². The predicted octanol–water partition coefficient (Wildman–Crippen LogP) is 0.704. The molecule has 1 amide bonds. The molecule has 1 aromatic carbocycles. The molecule has 34 heavy (non-hydrogen) atoms. The Morgan fingerprint density at radius 1 is 1.09 bits per heavy atom. The van der Waals surface area contributed by atoms with E-state index in [1.165, 1.54) is 8.94 Å². The number of piperidine rings is 1. The number of nitrogens with zero attached hydrogens (tertiary/aromatic N) is 7. The highest BCUT2D eigenvalue weighted by Gasteiger charge is 2.29. The van der Waals surface area contributed by atoms with Crippen LogP contribution in [0.25, 0.3) is 5.65 Å². The van der Waals surface area contributed by atoms with Crippen LogP contribution in [0.4, 0.5) is 11.5 Å². The maximum Gasteiger partial charge on any atom is 0.243 e. The summed E-state index contributed by atoms with van der Waals surface area (Å²) in [5.41, 5.74) is 1.91. The lowest BCUT2D eigenvalue weighted by molar-refractivity contribution is -0.120. The second-order valence-electron chi connectivity index (χ2n) is 8.46. The summed E-state index contributed by atoms with van der Waals surface area (Å²) in [5.74, 6) is 0.481. The highest BCUT2D eigenvalue weighted by molar-refractivity contribution is 7.89. The van der Waals surface area contributed by atoms with Crippen molar-refractivity contribution in [3.63, 3.8) is 0 Å². The molecule has 0 saturated carbocycles. The number of amides is 1. The van der Waals surface area contributed by atoms with Crippen LogP contribution in [0.3, 0.4) is 0 Å². The molecule has 0 unspecified atom stereocenters. The molecule has 4 heterocycles. The molecule has 1 N–H and O–H groups in total. The largest absolute Gasteiger partial charge is 0.379 e. The van der Waals surface area contributed by atoms with Gasteiger partial charge < -0.3 is 15.0 Å². The monoisotopic (exact) mass is 486 g/mol. The first-order chi connectivity index (χ1) is 16.4. The SMILES string of the molecule is Cc1ccc(S(=O)(=O)N2CCOCC2)cc1NC(=O)C1CCN(c2ccc3nnnn3n2)CC1. The number of carbonyl (C=O) groups is 1. The molecule has 3 aromatic rings. The number of hydrogen-bond donors (Lipinski definition) is 1. The Bertz CT molecular complexity index is 1300. The van der Waals surface area contributed by atoms with Gasteiger partial charge in [-0.25, -0.2) is 8.42 Å². The van der Waals surface area contributed by atoms with Gasteiger partial charge in [0, 0.05) is 37.8 Å². The number of tetrazole rings is 1. The number of fused-ring (bicyclic) bond motifs is 1. The van der Waals surface area contributed by atoms with Gasteiger partial charge in [0.05, 0.1) is 18.1 Å². The molecule has 2 aliphatic heterocycles. The Balaban J connectivity index is 1.24. The fourth-order valence-electron chi connectivity index (χ4n) is 4.25. The Morgan fingerprint density at radius 2 is 1.85 bits per heavy atom. The van der Waals surface area contributed by atoms with Crippen molar-refractivity contribution in [1.82, 2.24) is 29.6 Å². The average molecular weight is 487 g/mol. The molecule has 2 aromatic heterocycles. The molecule has 0 spiro atoms. The number of anilines is 2. The summed E-state index contributed by atoms with van der Waals surface area (Å²) >= 11 is 0. The fourth-order valence-corrected chi connectivity index (χ4v) is 5.68. The van der Waals surface area contributed by atoms with Crippen LogP contribution in [0, 0.1) is 12.8 Å². The van der Waals surface area contributed by atoms with Crippen LogP contribution in [0.1, 0.15) is 18.4 Å². The first-order valence-electron chi connectivity index (χ1n) is 11.2. The topological polar surface area (TPSA) is 135 Å². The molecular formula is C21H26N8O4S. The van der Waals surface area contributed by atoms with Crippen LogP contribution in [-0.2, 0) is 19.6 Å². The summed E-state index contributed by atoms with van der Waals surface area (Å²) < 4.78 is 34.1. The molecule has 0 radical (unpaired) electrons. The molecule has 0 atom stereocenters. The minimum absolute atomic E-state index is 0.104. The first-order valence-corrected chi connectivity index (χ1v) is 12.7.